The zero-order chi connectivity index (χ0) is 15.7. The summed E-state index contributed by atoms with van der Waals surface area (Å²) in [5, 5.41) is 0.842. The molecule has 0 fully saturated rings. The van der Waals surface area contributed by atoms with Gasteiger partial charge in [0.05, 0.1) is 5.30 Å². The second-order valence-corrected chi connectivity index (χ2v) is 8.20. The molecule has 3 aromatic rings. The van der Waals surface area contributed by atoms with Crippen molar-refractivity contribution in [3.05, 3.63) is 84.4 Å². The summed E-state index contributed by atoms with van der Waals surface area (Å²) >= 11 is 0. The zero-order valence-electron chi connectivity index (χ0n) is 12.7. The van der Waals surface area contributed by atoms with Crippen LogP contribution in [0.5, 0.6) is 5.75 Å². The maximum atomic E-state index is 13.6. The van der Waals surface area contributed by atoms with Crippen LogP contribution in [0.25, 0.3) is 11.1 Å². The van der Waals surface area contributed by atoms with Gasteiger partial charge >= 0.3 is 0 Å². The van der Waals surface area contributed by atoms with E-state index in [0.717, 1.165) is 28.6 Å². The van der Waals surface area contributed by atoms with Gasteiger partial charge in [0.15, 0.2) is 0 Å². The molecular formula is C20H17O2P. The predicted molar refractivity (Wildman–Crippen MR) is 94.8 cm³/mol. The van der Waals surface area contributed by atoms with Crippen molar-refractivity contribution in [2.45, 2.75) is 6.42 Å². The topological polar surface area (TPSA) is 26.3 Å². The summed E-state index contributed by atoms with van der Waals surface area (Å²) in [6, 6.07) is 25.9. The summed E-state index contributed by atoms with van der Waals surface area (Å²) < 4.78 is 19.6. The highest BCUT2D eigenvalue weighted by atomic mass is 31.2. The van der Waals surface area contributed by atoms with Crippen molar-refractivity contribution in [3.8, 4) is 16.9 Å². The van der Waals surface area contributed by atoms with Crippen molar-refractivity contribution in [2.24, 2.45) is 0 Å². The maximum Gasteiger partial charge on any atom is 0.278 e. The van der Waals surface area contributed by atoms with E-state index in [1.807, 2.05) is 66.7 Å². The van der Waals surface area contributed by atoms with Gasteiger partial charge in [0.2, 0.25) is 0 Å². The molecule has 0 amide bonds. The first-order valence-corrected chi connectivity index (χ1v) is 9.59. The zero-order valence-corrected chi connectivity index (χ0v) is 13.6. The molecule has 0 N–H and O–H groups in total. The highest BCUT2D eigenvalue weighted by Gasteiger charge is 2.35. The molecule has 0 spiro atoms. The average molecular weight is 320 g/mol. The highest BCUT2D eigenvalue weighted by Crippen LogP contribution is 2.54. The summed E-state index contributed by atoms with van der Waals surface area (Å²) in [6.45, 7) is 0. The van der Waals surface area contributed by atoms with Crippen LogP contribution in [0.4, 0.5) is 0 Å². The van der Waals surface area contributed by atoms with Gasteiger partial charge < -0.3 is 4.52 Å². The Labute approximate surface area is 136 Å². The standard InChI is InChI=1S/C20H17O2P/c21-23(15-14-16-8-2-1-3-9-16)20-13-7-5-11-18(20)17-10-4-6-12-19(17)22-23/h1-13H,14-15H2. The van der Waals surface area contributed by atoms with Crippen LogP contribution >= 0.6 is 7.37 Å². The third-order valence-electron chi connectivity index (χ3n) is 4.23. The molecule has 114 valence electrons. The van der Waals surface area contributed by atoms with Crippen molar-refractivity contribution < 1.29 is 9.09 Å². The summed E-state index contributed by atoms with van der Waals surface area (Å²) in [4.78, 5) is 0. The van der Waals surface area contributed by atoms with E-state index in [2.05, 4.69) is 12.1 Å². The van der Waals surface area contributed by atoms with Gasteiger partial charge in [-0.15, -0.1) is 0 Å². The summed E-state index contributed by atoms with van der Waals surface area (Å²) in [6.07, 6.45) is 1.26. The van der Waals surface area contributed by atoms with Gasteiger partial charge in [-0.05, 0) is 29.7 Å². The Bertz CT molecular complexity index is 887. The van der Waals surface area contributed by atoms with Crippen molar-refractivity contribution in [1.29, 1.82) is 0 Å². The van der Waals surface area contributed by atoms with Gasteiger partial charge in [-0.1, -0.05) is 66.7 Å². The number of benzene rings is 3. The first-order valence-electron chi connectivity index (χ1n) is 7.78. The van der Waals surface area contributed by atoms with E-state index in [1.54, 1.807) is 0 Å². The maximum absolute atomic E-state index is 13.6. The molecule has 0 aromatic heterocycles. The van der Waals surface area contributed by atoms with Crippen molar-refractivity contribution in [1.82, 2.24) is 0 Å². The molecule has 1 aliphatic rings. The molecule has 23 heavy (non-hydrogen) atoms. The van der Waals surface area contributed by atoms with Crippen LogP contribution in [-0.2, 0) is 11.0 Å². The monoisotopic (exact) mass is 320 g/mol. The van der Waals surface area contributed by atoms with Crippen molar-refractivity contribution >= 4 is 12.7 Å². The minimum Gasteiger partial charge on any atom is -0.439 e. The highest BCUT2D eigenvalue weighted by molar-refractivity contribution is 7.67. The lowest BCUT2D eigenvalue weighted by Gasteiger charge is -2.28. The van der Waals surface area contributed by atoms with Crippen molar-refractivity contribution in [2.75, 3.05) is 6.16 Å². The summed E-state index contributed by atoms with van der Waals surface area (Å²) in [5.74, 6) is 0.725. The minimum absolute atomic E-state index is 0.516. The lowest BCUT2D eigenvalue weighted by molar-refractivity contribution is 0.490. The third-order valence-corrected chi connectivity index (χ3v) is 6.66. The normalized spacial score (nSPS) is 18.6. The molecular weight excluding hydrogens is 303 g/mol. The Morgan fingerprint density at radius 1 is 0.739 bits per heavy atom. The van der Waals surface area contributed by atoms with E-state index >= 15 is 0 Å². The average Bonchev–Trinajstić information content (AvgIpc) is 2.61. The first kappa shape index (κ1) is 14.3. The molecule has 0 bridgehead atoms. The van der Waals surface area contributed by atoms with E-state index in [4.69, 9.17) is 4.52 Å². The first-order chi connectivity index (χ1) is 11.3. The Morgan fingerprint density at radius 2 is 1.39 bits per heavy atom. The minimum atomic E-state index is -2.90. The fourth-order valence-electron chi connectivity index (χ4n) is 3.06. The molecule has 1 heterocycles. The molecule has 0 aliphatic carbocycles. The number of aryl methyl sites for hydroxylation is 1. The largest absolute Gasteiger partial charge is 0.439 e. The predicted octanol–water partition coefficient (Wildman–Crippen LogP) is 4.89. The van der Waals surface area contributed by atoms with Crippen LogP contribution in [-0.4, -0.2) is 6.16 Å². The Balaban J connectivity index is 1.74. The second kappa shape index (κ2) is 5.72. The van der Waals surface area contributed by atoms with E-state index in [1.165, 1.54) is 5.56 Å². The van der Waals surface area contributed by atoms with E-state index in [0.29, 0.717) is 6.16 Å². The number of rotatable bonds is 3. The van der Waals surface area contributed by atoms with E-state index in [9.17, 15) is 4.57 Å². The SMILES string of the molecule is O=P1(CCc2ccccc2)Oc2ccccc2-c2ccccc21. The molecule has 2 nitrogen and oxygen atoms in total. The van der Waals surface area contributed by atoms with Gasteiger partial charge in [0.1, 0.15) is 5.75 Å². The molecule has 1 atom stereocenters. The Hall–Kier alpha value is -2.31. The Morgan fingerprint density at radius 3 is 2.22 bits per heavy atom. The van der Waals surface area contributed by atoms with Gasteiger partial charge in [-0.25, -0.2) is 0 Å². The Kier molecular flexibility index (Phi) is 3.55. The van der Waals surface area contributed by atoms with Gasteiger partial charge in [0.25, 0.3) is 7.37 Å². The lowest BCUT2D eigenvalue weighted by Crippen LogP contribution is -2.20. The summed E-state index contributed by atoms with van der Waals surface area (Å²) in [7, 11) is -2.90. The molecule has 3 aromatic carbocycles. The lowest BCUT2D eigenvalue weighted by atomic mass is 10.0. The van der Waals surface area contributed by atoms with Crippen LogP contribution in [0.3, 0.4) is 0 Å². The molecule has 0 radical (unpaired) electrons. The molecule has 1 unspecified atom stereocenters. The summed E-state index contributed by atoms with van der Waals surface area (Å²) in [5.41, 5.74) is 3.24. The van der Waals surface area contributed by atoms with Crippen LogP contribution < -0.4 is 9.83 Å². The third kappa shape index (κ3) is 2.60. The number of hydrogen-bond acceptors (Lipinski definition) is 2. The van der Waals surface area contributed by atoms with Crippen LogP contribution in [0, 0.1) is 0 Å². The molecule has 4 rings (SSSR count). The fourth-order valence-corrected chi connectivity index (χ4v) is 5.40. The van der Waals surface area contributed by atoms with Crippen LogP contribution in [0.2, 0.25) is 0 Å². The van der Waals surface area contributed by atoms with Gasteiger partial charge in [0, 0.05) is 11.7 Å². The quantitative estimate of drug-likeness (QED) is 0.642. The number of para-hydroxylation sites is 1. The molecule has 3 heteroatoms. The van der Waals surface area contributed by atoms with E-state index in [-0.39, 0.29) is 0 Å². The number of hydrogen-bond donors (Lipinski definition) is 0. The molecule has 0 saturated heterocycles. The smallest absolute Gasteiger partial charge is 0.278 e. The van der Waals surface area contributed by atoms with E-state index < -0.39 is 7.37 Å². The van der Waals surface area contributed by atoms with Gasteiger partial charge in [-0.3, -0.25) is 4.57 Å². The van der Waals surface area contributed by atoms with Crippen LogP contribution in [0.15, 0.2) is 78.9 Å². The molecule has 1 aliphatic heterocycles. The van der Waals surface area contributed by atoms with Gasteiger partial charge in [-0.2, -0.15) is 0 Å². The van der Waals surface area contributed by atoms with Crippen LogP contribution in [0.1, 0.15) is 5.56 Å². The fraction of sp³-hybridized carbons (Fsp3) is 0.100. The second-order valence-electron chi connectivity index (χ2n) is 5.74. The number of fused-ring (bicyclic) bond motifs is 3. The van der Waals surface area contributed by atoms with Crippen molar-refractivity contribution in [3.63, 3.8) is 0 Å². The molecule has 0 saturated carbocycles.